The van der Waals surface area contributed by atoms with Crippen molar-refractivity contribution in [1.82, 2.24) is 0 Å². The van der Waals surface area contributed by atoms with Crippen molar-refractivity contribution in [3.63, 3.8) is 0 Å². The maximum Gasteiger partial charge on any atom is 0.303 e. The fourth-order valence-electron chi connectivity index (χ4n) is 1.74. The molecule has 6 heteroatoms. The molecule has 1 N–H and O–H groups in total. The van der Waals surface area contributed by atoms with Crippen LogP contribution in [0.25, 0.3) is 0 Å². The number of carbonyl (C=O) groups is 1. The van der Waals surface area contributed by atoms with E-state index in [9.17, 15) is 4.79 Å². The number of unbranched alkanes of at least 4 members (excludes halogenated alkanes) is 5. The van der Waals surface area contributed by atoms with Crippen molar-refractivity contribution in [2.75, 3.05) is 5.75 Å². The van der Waals surface area contributed by atoms with E-state index in [2.05, 4.69) is 5.40 Å². The second kappa shape index (κ2) is 13.6. The number of carboxylic acid groups (broad SMARTS) is 1. The summed E-state index contributed by atoms with van der Waals surface area (Å²) in [5.41, 5.74) is 0. The Kier molecular flexibility index (Phi) is 13.0. The lowest BCUT2D eigenvalue weighted by Gasteiger charge is -2.09. The molecular formula is C13H20N2O2S2. The van der Waals surface area contributed by atoms with Crippen molar-refractivity contribution >= 4 is 29.5 Å². The van der Waals surface area contributed by atoms with Crippen molar-refractivity contribution < 1.29 is 9.90 Å². The summed E-state index contributed by atoms with van der Waals surface area (Å²) >= 11 is 2.47. The first-order valence-corrected chi connectivity index (χ1v) is 8.34. The first-order chi connectivity index (χ1) is 9.20. The van der Waals surface area contributed by atoms with Gasteiger partial charge in [0.1, 0.15) is 10.8 Å². The predicted molar refractivity (Wildman–Crippen MR) is 79.6 cm³/mol. The highest BCUT2D eigenvalue weighted by molar-refractivity contribution is 8.07. The van der Waals surface area contributed by atoms with Crippen molar-refractivity contribution in [2.24, 2.45) is 0 Å². The molecule has 0 fully saturated rings. The maximum absolute atomic E-state index is 10.3. The van der Waals surface area contributed by atoms with Gasteiger partial charge >= 0.3 is 5.97 Å². The molecule has 106 valence electrons. The van der Waals surface area contributed by atoms with Gasteiger partial charge in [-0.3, -0.25) is 4.79 Å². The lowest BCUT2D eigenvalue weighted by molar-refractivity contribution is -0.137. The smallest absolute Gasteiger partial charge is 0.303 e. The quantitative estimate of drug-likeness (QED) is 0.433. The molecule has 0 aliphatic carbocycles. The zero-order valence-electron chi connectivity index (χ0n) is 11.0. The summed E-state index contributed by atoms with van der Waals surface area (Å²) in [5, 5.41) is 30.0. The third-order valence-electron chi connectivity index (χ3n) is 2.72. The summed E-state index contributed by atoms with van der Waals surface area (Å²) in [5.74, 6) is -0.000717. The predicted octanol–water partition coefficient (Wildman–Crippen LogP) is 3.99. The molecule has 0 bridgehead atoms. The van der Waals surface area contributed by atoms with Crippen LogP contribution in [0.15, 0.2) is 0 Å². The van der Waals surface area contributed by atoms with E-state index in [0.29, 0.717) is 5.75 Å². The van der Waals surface area contributed by atoms with Gasteiger partial charge in [0.15, 0.2) is 0 Å². The summed E-state index contributed by atoms with van der Waals surface area (Å²) in [4.78, 5) is 10.3. The molecule has 0 aliphatic rings. The molecule has 0 rings (SSSR count). The molecule has 0 saturated heterocycles. The van der Waals surface area contributed by atoms with Gasteiger partial charge in [0.05, 0.1) is 0 Å². The summed E-state index contributed by atoms with van der Waals surface area (Å²) < 4.78 is 0. The van der Waals surface area contributed by atoms with Gasteiger partial charge in [0.2, 0.25) is 0 Å². The molecule has 0 aliphatic heterocycles. The number of thioether (sulfide) groups is 2. The van der Waals surface area contributed by atoms with Crippen molar-refractivity contribution in [2.45, 2.75) is 56.6 Å². The Morgan fingerprint density at radius 1 is 1.05 bits per heavy atom. The topological polar surface area (TPSA) is 84.9 Å². The lowest BCUT2D eigenvalue weighted by Crippen LogP contribution is -2.04. The van der Waals surface area contributed by atoms with E-state index in [1.54, 1.807) is 0 Å². The molecule has 0 aromatic carbocycles. The maximum atomic E-state index is 10.3. The third-order valence-corrected chi connectivity index (χ3v) is 4.47. The molecule has 19 heavy (non-hydrogen) atoms. The van der Waals surface area contributed by atoms with Gasteiger partial charge in [-0.05, 0) is 36.4 Å². The van der Waals surface area contributed by atoms with Gasteiger partial charge in [-0.1, -0.05) is 32.1 Å². The van der Waals surface area contributed by atoms with Crippen molar-refractivity contribution in [3.8, 4) is 10.8 Å². The lowest BCUT2D eigenvalue weighted by atomic mass is 10.1. The number of thiocyanates is 2. The van der Waals surface area contributed by atoms with Gasteiger partial charge in [-0.15, -0.1) is 0 Å². The molecule has 0 heterocycles. The number of carboxylic acids is 1. The van der Waals surface area contributed by atoms with E-state index in [0.717, 1.165) is 44.9 Å². The highest BCUT2D eigenvalue weighted by atomic mass is 32.2. The number of hydrogen-bond donors (Lipinski definition) is 1. The van der Waals surface area contributed by atoms with E-state index < -0.39 is 5.97 Å². The Morgan fingerprint density at radius 3 is 2.26 bits per heavy atom. The Labute approximate surface area is 123 Å². The fraction of sp³-hybridized carbons (Fsp3) is 0.769. The van der Waals surface area contributed by atoms with Crippen LogP contribution >= 0.6 is 23.5 Å². The van der Waals surface area contributed by atoms with Crippen LogP contribution in [-0.2, 0) is 4.79 Å². The minimum Gasteiger partial charge on any atom is -0.481 e. The molecule has 4 nitrogen and oxygen atoms in total. The molecule has 0 radical (unpaired) electrons. The standard InChI is InChI=1S/C13H20N2O2S2/c14-10-18-9-12(19-11-15)7-5-3-1-2-4-6-8-13(16)17/h12H,1-9H2,(H,16,17). The van der Waals surface area contributed by atoms with Crippen LogP contribution in [0.2, 0.25) is 0 Å². The molecule has 0 aromatic rings. The van der Waals surface area contributed by atoms with Crippen LogP contribution in [0, 0.1) is 21.3 Å². The largest absolute Gasteiger partial charge is 0.481 e. The zero-order chi connectivity index (χ0) is 14.3. The summed E-state index contributed by atoms with van der Waals surface area (Å²) in [6, 6.07) is 0. The summed E-state index contributed by atoms with van der Waals surface area (Å²) in [6.45, 7) is 0. The first-order valence-electron chi connectivity index (χ1n) is 6.48. The molecular weight excluding hydrogens is 280 g/mol. The average Bonchev–Trinajstić information content (AvgIpc) is 2.38. The van der Waals surface area contributed by atoms with Gasteiger partial charge < -0.3 is 5.11 Å². The zero-order valence-corrected chi connectivity index (χ0v) is 12.6. The number of hydrogen-bond acceptors (Lipinski definition) is 5. The fourth-order valence-corrected chi connectivity index (χ4v) is 3.07. The van der Waals surface area contributed by atoms with E-state index in [1.165, 1.54) is 23.5 Å². The summed E-state index contributed by atoms with van der Waals surface area (Å²) in [7, 11) is 0. The second-order valence-corrected chi connectivity index (χ2v) is 6.18. The third kappa shape index (κ3) is 13.4. The van der Waals surface area contributed by atoms with Gasteiger partial charge in [0.25, 0.3) is 0 Å². The minimum absolute atomic E-state index is 0.252. The van der Waals surface area contributed by atoms with E-state index in [1.807, 2.05) is 5.40 Å². The van der Waals surface area contributed by atoms with Crippen molar-refractivity contribution in [3.05, 3.63) is 0 Å². The SMILES string of the molecule is N#CSCC(CCCCCCCCC(=O)O)SC#N. The minimum atomic E-state index is -0.716. The number of nitriles is 2. The number of rotatable bonds is 12. The van der Waals surface area contributed by atoms with E-state index in [4.69, 9.17) is 15.6 Å². The van der Waals surface area contributed by atoms with Crippen LogP contribution in [0.4, 0.5) is 0 Å². The Morgan fingerprint density at radius 2 is 1.68 bits per heavy atom. The van der Waals surface area contributed by atoms with Crippen LogP contribution in [0.1, 0.15) is 51.4 Å². The van der Waals surface area contributed by atoms with Crippen LogP contribution < -0.4 is 0 Å². The van der Waals surface area contributed by atoms with Crippen molar-refractivity contribution in [1.29, 1.82) is 10.5 Å². The van der Waals surface area contributed by atoms with E-state index in [-0.39, 0.29) is 11.7 Å². The highest BCUT2D eigenvalue weighted by Crippen LogP contribution is 2.21. The van der Waals surface area contributed by atoms with Gasteiger partial charge in [-0.2, -0.15) is 10.5 Å². The van der Waals surface area contributed by atoms with Gasteiger partial charge in [-0.25, -0.2) is 0 Å². The Balaban J connectivity index is 3.42. The highest BCUT2D eigenvalue weighted by Gasteiger charge is 2.09. The molecule has 1 atom stereocenters. The summed E-state index contributed by atoms with van der Waals surface area (Å²) in [6.07, 6.45) is 7.38. The number of nitrogens with zero attached hydrogens (tertiary/aromatic N) is 2. The molecule has 0 aromatic heterocycles. The average molecular weight is 300 g/mol. The first kappa shape index (κ1) is 18.1. The molecule has 0 amide bonds. The van der Waals surface area contributed by atoms with Crippen LogP contribution in [-0.4, -0.2) is 22.1 Å². The van der Waals surface area contributed by atoms with Crippen LogP contribution in [0.5, 0.6) is 0 Å². The second-order valence-electron chi connectivity index (χ2n) is 4.29. The van der Waals surface area contributed by atoms with E-state index >= 15 is 0 Å². The molecule has 0 spiro atoms. The van der Waals surface area contributed by atoms with Gasteiger partial charge in [0, 0.05) is 17.4 Å². The molecule has 0 saturated carbocycles. The van der Waals surface area contributed by atoms with Crippen LogP contribution in [0.3, 0.4) is 0 Å². The normalized spacial score (nSPS) is 11.5. The number of aliphatic carboxylic acids is 1. The Bertz CT molecular complexity index is 324. The monoisotopic (exact) mass is 300 g/mol. The Hall–Kier alpha value is -0.850. The molecule has 1 unspecified atom stereocenters.